The Balaban J connectivity index is 4.59. The number of amides is 1. The lowest BCUT2D eigenvalue weighted by Crippen LogP contribution is -2.42. The van der Waals surface area contributed by atoms with E-state index in [0.29, 0.717) is 0 Å². The summed E-state index contributed by atoms with van der Waals surface area (Å²) in [5.74, 6) is -1.86. The lowest BCUT2D eigenvalue weighted by molar-refractivity contribution is -0.137. The minimum absolute atomic E-state index is 0.211. The Labute approximate surface area is 106 Å². The monoisotopic (exact) mass is 281 g/mol. The largest absolute Gasteiger partial charge is 0.481 e. The third-order valence-electron chi connectivity index (χ3n) is 2.49. The van der Waals surface area contributed by atoms with Crippen molar-refractivity contribution in [3.05, 3.63) is 0 Å². The smallest absolute Gasteiger partial charge is 0.304 e. The van der Waals surface area contributed by atoms with Gasteiger partial charge in [0.15, 0.2) is 9.84 Å². The van der Waals surface area contributed by atoms with E-state index >= 15 is 0 Å². The average Bonchev–Trinajstić information content (AvgIpc) is 2.27. The molecule has 2 unspecified atom stereocenters. The minimum Gasteiger partial charge on any atom is -0.481 e. The topological polar surface area (TPSA) is 110 Å². The summed E-state index contributed by atoms with van der Waals surface area (Å²) in [6.45, 7) is 3.02. The highest BCUT2D eigenvalue weighted by Crippen LogP contribution is 2.13. The molecule has 0 heterocycles. The highest BCUT2D eigenvalue weighted by atomic mass is 32.2. The molecule has 0 saturated carbocycles. The molecule has 0 aliphatic heterocycles. The number of hydrogen-bond acceptors (Lipinski definition) is 5. The van der Waals surface area contributed by atoms with Gasteiger partial charge in [0.2, 0.25) is 5.91 Å². The molecule has 0 radical (unpaired) electrons. The first-order valence-electron chi connectivity index (χ1n) is 5.44. The molecule has 0 aromatic rings. The highest BCUT2D eigenvalue weighted by Gasteiger charge is 2.33. The van der Waals surface area contributed by atoms with Crippen LogP contribution in [0, 0.1) is 0 Å². The Kier molecular flexibility index (Phi) is 6.85. The van der Waals surface area contributed by atoms with Crippen LogP contribution in [0.4, 0.5) is 0 Å². The van der Waals surface area contributed by atoms with Gasteiger partial charge >= 0.3 is 5.97 Å². The van der Waals surface area contributed by atoms with Crippen LogP contribution in [0.5, 0.6) is 0 Å². The fourth-order valence-electron chi connectivity index (χ4n) is 1.28. The molecule has 106 valence electrons. The number of nitrogens with one attached hydrogen (secondary N) is 1. The van der Waals surface area contributed by atoms with Gasteiger partial charge < -0.3 is 15.2 Å². The Morgan fingerprint density at radius 3 is 2.33 bits per heavy atom. The number of methoxy groups -OCH3 is 1. The molecule has 2 atom stereocenters. The molecule has 0 bridgehead atoms. The van der Waals surface area contributed by atoms with E-state index in [4.69, 9.17) is 9.84 Å². The van der Waals surface area contributed by atoms with Gasteiger partial charge in [-0.25, -0.2) is 8.42 Å². The number of hydrogen-bond donors (Lipinski definition) is 2. The van der Waals surface area contributed by atoms with Gasteiger partial charge in [0.25, 0.3) is 0 Å². The zero-order valence-electron chi connectivity index (χ0n) is 10.7. The summed E-state index contributed by atoms with van der Waals surface area (Å²) in [4.78, 5) is 22.0. The van der Waals surface area contributed by atoms with E-state index in [1.165, 1.54) is 21.0 Å². The van der Waals surface area contributed by atoms with E-state index in [9.17, 15) is 18.0 Å². The van der Waals surface area contributed by atoms with Crippen LogP contribution in [-0.2, 0) is 24.2 Å². The van der Waals surface area contributed by atoms with Crippen LogP contribution in [0.2, 0.25) is 0 Å². The van der Waals surface area contributed by atoms with E-state index in [2.05, 4.69) is 5.32 Å². The summed E-state index contributed by atoms with van der Waals surface area (Å²) in [6.07, 6.45) is -0.516. The van der Waals surface area contributed by atoms with Gasteiger partial charge in [-0.1, -0.05) is 0 Å². The van der Waals surface area contributed by atoms with E-state index in [1.807, 2.05) is 0 Å². The quantitative estimate of drug-likeness (QED) is 0.576. The number of sulfone groups is 1. The average molecular weight is 281 g/mol. The Hall–Kier alpha value is -1.15. The van der Waals surface area contributed by atoms with Gasteiger partial charge in [-0.15, -0.1) is 0 Å². The van der Waals surface area contributed by atoms with Crippen molar-refractivity contribution in [1.82, 2.24) is 5.32 Å². The number of carboxylic acids is 1. The molecule has 0 aliphatic carbocycles. The molecule has 0 rings (SSSR count). The molecule has 0 fully saturated rings. The van der Waals surface area contributed by atoms with Crippen molar-refractivity contribution in [2.45, 2.75) is 30.8 Å². The highest BCUT2D eigenvalue weighted by molar-refractivity contribution is 7.93. The second-order valence-corrected chi connectivity index (χ2v) is 6.61. The predicted molar refractivity (Wildman–Crippen MR) is 65.0 cm³/mol. The van der Waals surface area contributed by atoms with Crippen molar-refractivity contribution >= 4 is 21.7 Å². The van der Waals surface area contributed by atoms with Crippen molar-refractivity contribution in [3.63, 3.8) is 0 Å². The summed E-state index contributed by atoms with van der Waals surface area (Å²) in [5.41, 5.74) is 0. The molecule has 0 aliphatic rings. The fraction of sp³-hybridized carbons (Fsp3) is 0.800. The van der Waals surface area contributed by atoms with Crippen LogP contribution in [0.3, 0.4) is 0 Å². The summed E-state index contributed by atoms with van der Waals surface area (Å²) >= 11 is 0. The second-order valence-electron chi connectivity index (χ2n) is 3.92. The van der Waals surface area contributed by atoms with Crippen molar-refractivity contribution in [2.24, 2.45) is 0 Å². The van der Waals surface area contributed by atoms with Crippen molar-refractivity contribution in [1.29, 1.82) is 0 Å². The maximum absolute atomic E-state index is 11.9. The van der Waals surface area contributed by atoms with Crippen LogP contribution >= 0.6 is 0 Å². The maximum atomic E-state index is 11.9. The maximum Gasteiger partial charge on any atom is 0.304 e. The molecule has 0 aromatic carbocycles. The first kappa shape index (κ1) is 16.9. The molecule has 1 amide bonds. The lowest BCUT2D eigenvalue weighted by atomic mass is 10.3. The van der Waals surface area contributed by atoms with Crippen molar-refractivity contribution < 1.29 is 27.9 Å². The molecule has 7 nitrogen and oxygen atoms in total. The fourth-order valence-corrected chi connectivity index (χ4v) is 2.73. The van der Waals surface area contributed by atoms with Gasteiger partial charge in [0.05, 0.1) is 18.3 Å². The molecule has 8 heteroatoms. The Bertz CT molecular complexity index is 391. The molecule has 2 N–H and O–H groups in total. The van der Waals surface area contributed by atoms with Gasteiger partial charge in [-0.3, -0.25) is 9.59 Å². The number of rotatable bonds is 8. The van der Waals surface area contributed by atoms with Gasteiger partial charge in [0, 0.05) is 13.7 Å². The van der Waals surface area contributed by atoms with Crippen LogP contribution in [0.1, 0.15) is 20.3 Å². The molecular weight excluding hydrogens is 262 g/mol. The second kappa shape index (κ2) is 7.32. The standard InChI is InChI=1S/C10H19NO6S/c1-7(6-9(12)13)18(15,16)8(2)10(14)11-4-5-17-3/h7-8H,4-6H2,1-3H3,(H,11,14)(H,12,13). The van der Waals surface area contributed by atoms with E-state index in [0.717, 1.165) is 0 Å². The predicted octanol–water partition coefficient (Wildman–Crippen LogP) is -0.584. The summed E-state index contributed by atoms with van der Waals surface area (Å²) in [5, 5.41) is 8.59. The first-order valence-corrected chi connectivity index (χ1v) is 7.05. The molecule has 0 spiro atoms. The van der Waals surface area contributed by atoms with Crippen molar-refractivity contribution in [2.75, 3.05) is 20.3 Å². The normalized spacial score (nSPS) is 14.8. The van der Waals surface area contributed by atoms with Crippen LogP contribution in [0.15, 0.2) is 0 Å². The van der Waals surface area contributed by atoms with E-state index in [-0.39, 0.29) is 13.2 Å². The van der Waals surface area contributed by atoms with Crippen LogP contribution in [-0.4, -0.2) is 56.2 Å². The van der Waals surface area contributed by atoms with Gasteiger partial charge in [-0.05, 0) is 13.8 Å². The van der Waals surface area contributed by atoms with E-state index < -0.39 is 38.6 Å². The molecular formula is C10H19NO6S. The van der Waals surface area contributed by atoms with Gasteiger partial charge in [-0.2, -0.15) is 0 Å². The number of carbonyl (C=O) groups is 2. The van der Waals surface area contributed by atoms with E-state index in [1.54, 1.807) is 0 Å². The summed E-state index contributed by atoms with van der Waals surface area (Å²) in [7, 11) is -2.34. The van der Waals surface area contributed by atoms with Gasteiger partial charge in [0.1, 0.15) is 5.25 Å². The third kappa shape index (κ3) is 5.01. The SMILES string of the molecule is COCCNC(=O)C(C)S(=O)(=O)C(C)CC(=O)O. The molecule has 18 heavy (non-hydrogen) atoms. The third-order valence-corrected chi connectivity index (χ3v) is 4.98. The summed E-state index contributed by atoms with van der Waals surface area (Å²) < 4.78 is 28.5. The summed E-state index contributed by atoms with van der Waals surface area (Å²) in [6, 6.07) is 0. The number of carboxylic acid groups (broad SMARTS) is 1. The Morgan fingerprint density at radius 1 is 1.33 bits per heavy atom. The molecule has 0 saturated heterocycles. The molecule has 0 aromatic heterocycles. The Morgan fingerprint density at radius 2 is 1.89 bits per heavy atom. The van der Waals surface area contributed by atoms with Crippen LogP contribution < -0.4 is 5.32 Å². The number of ether oxygens (including phenoxy) is 1. The van der Waals surface area contributed by atoms with Crippen LogP contribution in [0.25, 0.3) is 0 Å². The minimum atomic E-state index is -3.80. The zero-order valence-corrected chi connectivity index (χ0v) is 11.5. The number of carbonyl (C=O) groups excluding carboxylic acids is 1. The first-order chi connectivity index (χ1) is 8.23. The lowest BCUT2D eigenvalue weighted by Gasteiger charge is -2.17. The zero-order chi connectivity index (χ0) is 14.3. The van der Waals surface area contributed by atoms with Crippen molar-refractivity contribution in [3.8, 4) is 0 Å². The number of aliphatic carboxylic acids is 1.